The summed E-state index contributed by atoms with van der Waals surface area (Å²) < 4.78 is 36.7. The zero-order valence-corrected chi connectivity index (χ0v) is 9.19. The summed E-state index contributed by atoms with van der Waals surface area (Å²) in [4.78, 5) is 10.8. The molecular formula is C10H10F3N3O. The standard InChI is InChI=1S/C10H10F3N3O/c1-7(17)16(2)15-14-9-5-3-8(4-6-9)10(11,12)13/h3-6H,1-2H3. The number of nitrogens with zero attached hydrogens (tertiary/aromatic N) is 3. The topological polar surface area (TPSA) is 45.0 Å². The maximum atomic E-state index is 12.2. The van der Waals surface area contributed by atoms with Crippen LogP contribution in [-0.2, 0) is 11.0 Å². The van der Waals surface area contributed by atoms with Crippen molar-refractivity contribution in [3.05, 3.63) is 29.8 Å². The molecule has 0 aromatic heterocycles. The van der Waals surface area contributed by atoms with Gasteiger partial charge < -0.3 is 0 Å². The van der Waals surface area contributed by atoms with Crippen molar-refractivity contribution in [1.82, 2.24) is 5.01 Å². The summed E-state index contributed by atoms with van der Waals surface area (Å²) in [5.74, 6) is -0.319. The van der Waals surface area contributed by atoms with Crippen molar-refractivity contribution >= 4 is 11.6 Å². The summed E-state index contributed by atoms with van der Waals surface area (Å²) in [5.41, 5.74) is -0.512. The highest BCUT2D eigenvalue weighted by Gasteiger charge is 2.29. The Bertz CT molecular complexity index is 425. The molecular weight excluding hydrogens is 235 g/mol. The molecule has 17 heavy (non-hydrogen) atoms. The molecule has 7 heteroatoms. The van der Waals surface area contributed by atoms with E-state index in [0.29, 0.717) is 0 Å². The van der Waals surface area contributed by atoms with Gasteiger partial charge in [-0.1, -0.05) is 5.22 Å². The van der Waals surface area contributed by atoms with Crippen LogP contribution >= 0.6 is 0 Å². The first kappa shape index (κ1) is 13.1. The Morgan fingerprint density at radius 3 is 2.18 bits per heavy atom. The van der Waals surface area contributed by atoms with Gasteiger partial charge in [0.15, 0.2) is 0 Å². The normalized spacial score (nSPS) is 11.8. The number of alkyl halides is 3. The van der Waals surface area contributed by atoms with E-state index in [0.717, 1.165) is 17.1 Å². The molecule has 0 saturated heterocycles. The minimum Gasteiger partial charge on any atom is -0.273 e. The van der Waals surface area contributed by atoms with Crippen LogP contribution in [0.1, 0.15) is 12.5 Å². The predicted octanol–water partition coefficient (Wildman–Crippen LogP) is 3.18. The number of benzene rings is 1. The van der Waals surface area contributed by atoms with E-state index in [1.807, 2.05) is 0 Å². The number of carbonyl (C=O) groups is 1. The number of carbonyl (C=O) groups excluding carboxylic acids is 1. The third kappa shape index (κ3) is 3.86. The summed E-state index contributed by atoms with van der Waals surface area (Å²) >= 11 is 0. The molecule has 92 valence electrons. The van der Waals surface area contributed by atoms with Crippen molar-refractivity contribution in [2.24, 2.45) is 10.3 Å². The first-order chi connectivity index (χ1) is 7.80. The van der Waals surface area contributed by atoms with Crippen LogP contribution in [0, 0.1) is 0 Å². The number of amides is 1. The molecule has 0 bridgehead atoms. The lowest BCUT2D eigenvalue weighted by Gasteiger charge is -2.06. The van der Waals surface area contributed by atoms with Gasteiger partial charge >= 0.3 is 6.18 Å². The molecule has 0 unspecified atom stereocenters. The first-order valence-electron chi connectivity index (χ1n) is 4.64. The lowest BCUT2D eigenvalue weighted by atomic mass is 10.2. The third-order valence-electron chi connectivity index (χ3n) is 1.94. The van der Waals surface area contributed by atoms with E-state index < -0.39 is 11.7 Å². The third-order valence-corrected chi connectivity index (χ3v) is 1.94. The van der Waals surface area contributed by atoms with Crippen molar-refractivity contribution in [2.45, 2.75) is 13.1 Å². The molecule has 1 rings (SSSR count). The van der Waals surface area contributed by atoms with Crippen LogP contribution in [-0.4, -0.2) is 18.0 Å². The minimum atomic E-state index is -4.37. The molecule has 1 amide bonds. The molecule has 0 N–H and O–H groups in total. The second-order valence-corrected chi connectivity index (χ2v) is 3.28. The molecule has 0 spiro atoms. The van der Waals surface area contributed by atoms with Crippen molar-refractivity contribution in [3.8, 4) is 0 Å². The summed E-state index contributed by atoms with van der Waals surface area (Å²) in [6, 6.07) is 4.17. The Hall–Kier alpha value is -1.92. The van der Waals surface area contributed by atoms with Crippen molar-refractivity contribution in [3.63, 3.8) is 0 Å². The van der Waals surface area contributed by atoms with Gasteiger partial charge in [-0.2, -0.15) is 13.2 Å². The van der Waals surface area contributed by atoms with Gasteiger partial charge in [-0.05, 0) is 24.3 Å². The van der Waals surface area contributed by atoms with E-state index in [2.05, 4.69) is 10.3 Å². The predicted molar refractivity (Wildman–Crippen MR) is 54.4 cm³/mol. The van der Waals surface area contributed by atoms with Gasteiger partial charge in [0.2, 0.25) is 5.91 Å². The Balaban J connectivity index is 2.79. The molecule has 1 aromatic rings. The lowest BCUT2D eigenvalue weighted by molar-refractivity contribution is -0.137. The van der Waals surface area contributed by atoms with Crippen LogP contribution in [0.5, 0.6) is 0 Å². The van der Waals surface area contributed by atoms with Gasteiger partial charge in [0.1, 0.15) is 0 Å². The largest absolute Gasteiger partial charge is 0.416 e. The smallest absolute Gasteiger partial charge is 0.273 e. The number of halogens is 3. The van der Waals surface area contributed by atoms with E-state index in [-0.39, 0.29) is 11.6 Å². The Morgan fingerprint density at radius 2 is 1.76 bits per heavy atom. The molecule has 0 atom stereocenters. The summed E-state index contributed by atoms with van der Waals surface area (Å²) in [7, 11) is 1.40. The van der Waals surface area contributed by atoms with E-state index in [1.165, 1.54) is 26.1 Å². The van der Waals surface area contributed by atoms with Gasteiger partial charge in [0.05, 0.1) is 11.3 Å². The highest BCUT2D eigenvalue weighted by molar-refractivity contribution is 5.72. The van der Waals surface area contributed by atoms with E-state index >= 15 is 0 Å². The van der Waals surface area contributed by atoms with Crippen LogP contribution in [0.2, 0.25) is 0 Å². The van der Waals surface area contributed by atoms with E-state index in [4.69, 9.17) is 0 Å². The maximum absolute atomic E-state index is 12.2. The van der Waals surface area contributed by atoms with E-state index in [9.17, 15) is 18.0 Å². The summed E-state index contributed by atoms with van der Waals surface area (Å²) in [5, 5.41) is 8.11. The molecule has 0 radical (unpaired) electrons. The van der Waals surface area contributed by atoms with Crippen LogP contribution in [0.4, 0.5) is 18.9 Å². The summed E-state index contributed by atoms with van der Waals surface area (Å²) in [6.45, 7) is 1.30. The molecule has 0 heterocycles. The Labute approximate surface area is 95.7 Å². The molecule has 0 fully saturated rings. The number of hydrogen-bond donors (Lipinski definition) is 0. The SMILES string of the molecule is CC(=O)N(C)N=Nc1ccc(C(F)(F)F)cc1. The van der Waals surface area contributed by atoms with Crippen molar-refractivity contribution in [2.75, 3.05) is 7.05 Å². The van der Waals surface area contributed by atoms with Gasteiger partial charge in [0, 0.05) is 14.0 Å². The van der Waals surface area contributed by atoms with E-state index in [1.54, 1.807) is 0 Å². The highest BCUT2D eigenvalue weighted by Crippen LogP contribution is 2.30. The molecule has 0 aliphatic rings. The van der Waals surface area contributed by atoms with Crippen LogP contribution in [0.25, 0.3) is 0 Å². The number of rotatable bonds is 2. The van der Waals surface area contributed by atoms with Crippen LogP contribution in [0.3, 0.4) is 0 Å². The van der Waals surface area contributed by atoms with Gasteiger partial charge in [-0.15, -0.1) is 5.11 Å². The first-order valence-corrected chi connectivity index (χ1v) is 4.64. The Kier molecular flexibility index (Phi) is 3.82. The zero-order chi connectivity index (χ0) is 13.1. The zero-order valence-electron chi connectivity index (χ0n) is 9.19. The fourth-order valence-corrected chi connectivity index (χ4v) is 0.899. The molecule has 1 aromatic carbocycles. The molecule has 4 nitrogen and oxygen atoms in total. The van der Waals surface area contributed by atoms with Gasteiger partial charge in [-0.3, -0.25) is 4.79 Å². The quantitative estimate of drug-likeness (QED) is 0.583. The Morgan fingerprint density at radius 1 is 1.24 bits per heavy atom. The summed E-state index contributed by atoms with van der Waals surface area (Å²) in [6.07, 6.45) is -4.37. The highest BCUT2D eigenvalue weighted by atomic mass is 19.4. The maximum Gasteiger partial charge on any atom is 0.416 e. The minimum absolute atomic E-state index is 0.242. The molecule has 0 aliphatic heterocycles. The van der Waals surface area contributed by atoms with Gasteiger partial charge in [-0.25, -0.2) is 5.01 Å². The van der Waals surface area contributed by atoms with Crippen molar-refractivity contribution in [1.29, 1.82) is 0 Å². The average molecular weight is 245 g/mol. The lowest BCUT2D eigenvalue weighted by Crippen LogP contribution is -2.15. The second kappa shape index (κ2) is 4.94. The van der Waals surface area contributed by atoms with Crippen molar-refractivity contribution < 1.29 is 18.0 Å². The number of hydrogen-bond acceptors (Lipinski definition) is 3. The second-order valence-electron chi connectivity index (χ2n) is 3.28. The fraction of sp³-hybridized carbons (Fsp3) is 0.300. The fourth-order valence-electron chi connectivity index (χ4n) is 0.899. The van der Waals surface area contributed by atoms with Crippen LogP contribution in [0.15, 0.2) is 34.6 Å². The average Bonchev–Trinajstić information content (AvgIpc) is 2.25. The monoisotopic (exact) mass is 245 g/mol. The van der Waals surface area contributed by atoms with Gasteiger partial charge in [0.25, 0.3) is 0 Å². The molecule has 0 saturated carbocycles. The van der Waals surface area contributed by atoms with Crippen LogP contribution < -0.4 is 0 Å². The molecule has 0 aliphatic carbocycles.